The van der Waals surface area contributed by atoms with E-state index in [2.05, 4.69) is 11.4 Å². The maximum absolute atomic E-state index is 12.5. The topological polar surface area (TPSA) is 72.2 Å². The minimum Gasteiger partial charge on any atom is -0.345 e. The molecule has 2 aromatic rings. The number of amides is 1. The van der Waals surface area contributed by atoms with Crippen LogP contribution in [0.2, 0.25) is 5.02 Å². The van der Waals surface area contributed by atoms with Crippen LogP contribution in [0, 0.1) is 24.0 Å². The third kappa shape index (κ3) is 3.92. The molecule has 5 nitrogen and oxygen atoms in total. The highest BCUT2D eigenvalue weighted by Crippen LogP contribution is 2.25. The molecule has 6 heteroatoms. The van der Waals surface area contributed by atoms with Gasteiger partial charge in [-0.2, -0.15) is 0 Å². The summed E-state index contributed by atoms with van der Waals surface area (Å²) in [6, 6.07) is 9.79. The summed E-state index contributed by atoms with van der Waals surface area (Å²) in [4.78, 5) is 22.7. The van der Waals surface area contributed by atoms with Gasteiger partial charge in [-0.3, -0.25) is 14.9 Å². The third-order valence-electron chi connectivity index (χ3n) is 3.92. The van der Waals surface area contributed by atoms with Crippen LogP contribution in [0.25, 0.3) is 0 Å². The molecule has 1 atom stereocenters. The second-order valence-corrected chi connectivity index (χ2v) is 6.12. The van der Waals surface area contributed by atoms with E-state index in [0.29, 0.717) is 0 Å². The number of non-ortho nitro benzene ring substituents is 1. The molecule has 0 bridgehead atoms. The predicted molar refractivity (Wildman–Crippen MR) is 94.5 cm³/mol. The molecule has 0 radical (unpaired) electrons. The predicted octanol–water partition coefficient (Wildman–Crippen LogP) is 4.75. The maximum atomic E-state index is 12.5. The molecular weight excluding hydrogens is 328 g/mol. The molecule has 126 valence electrons. The minimum absolute atomic E-state index is 0.0668. The van der Waals surface area contributed by atoms with E-state index in [1.165, 1.54) is 18.2 Å². The monoisotopic (exact) mass is 346 g/mol. The molecule has 0 unspecified atom stereocenters. The quantitative estimate of drug-likeness (QED) is 0.627. The van der Waals surface area contributed by atoms with Crippen LogP contribution < -0.4 is 5.32 Å². The highest BCUT2D eigenvalue weighted by Gasteiger charge is 2.19. The van der Waals surface area contributed by atoms with Crippen molar-refractivity contribution in [3.05, 3.63) is 73.8 Å². The van der Waals surface area contributed by atoms with Crippen LogP contribution in [0.4, 0.5) is 5.69 Å². The molecule has 0 aromatic heterocycles. The number of hydrogen-bond acceptors (Lipinski definition) is 3. The lowest BCUT2D eigenvalue weighted by Crippen LogP contribution is -2.28. The van der Waals surface area contributed by atoms with Crippen molar-refractivity contribution in [1.29, 1.82) is 0 Å². The molecule has 2 aromatic carbocycles. The number of nitrogens with one attached hydrogen (secondary N) is 1. The molecule has 0 heterocycles. The number of nitro benzene ring substituents is 1. The summed E-state index contributed by atoms with van der Waals surface area (Å²) in [5.41, 5.74) is 3.41. The maximum Gasteiger partial charge on any atom is 0.270 e. The molecule has 0 spiro atoms. The zero-order valence-electron chi connectivity index (χ0n) is 13.8. The Labute approximate surface area is 145 Å². The normalized spacial score (nSPS) is 11.8. The largest absolute Gasteiger partial charge is 0.345 e. The van der Waals surface area contributed by atoms with Gasteiger partial charge in [0.1, 0.15) is 0 Å². The molecule has 0 aliphatic carbocycles. The summed E-state index contributed by atoms with van der Waals surface area (Å²) in [6.45, 7) is 6.02. The Bertz CT molecular complexity index is 790. The van der Waals surface area contributed by atoms with Crippen molar-refractivity contribution >= 4 is 23.2 Å². The Morgan fingerprint density at radius 2 is 1.96 bits per heavy atom. The van der Waals surface area contributed by atoms with E-state index in [4.69, 9.17) is 11.6 Å². The number of rotatable bonds is 5. The second-order valence-electron chi connectivity index (χ2n) is 5.72. The zero-order valence-corrected chi connectivity index (χ0v) is 14.6. The lowest BCUT2D eigenvalue weighted by atomic mass is 9.97. The number of nitro groups is 1. The first-order chi connectivity index (χ1) is 11.3. The number of aryl methyl sites for hydroxylation is 2. The highest BCUT2D eigenvalue weighted by molar-refractivity contribution is 6.34. The third-order valence-corrected chi connectivity index (χ3v) is 4.24. The fraction of sp³-hybridized carbons (Fsp3) is 0.278. The number of halogens is 1. The van der Waals surface area contributed by atoms with Crippen molar-refractivity contribution in [2.45, 2.75) is 33.2 Å². The first kappa shape index (κ1) is 17.9. The van der Waals surface area contributed by atoms with Crippen molar-refractivity contribution in [3.8, 4) is 0 Å². The van der Waals surface area contributed by atoms with E-state index in [-0.39, 0.29) is 28.2 Å². The molecule has 1 amide bonds. The number of hydrogen-bond donors (Lipinski definition) is 1. The SMILES string of the molecule is CC[C@@H](NC(=O)c1ccc([N+](=O)[O-])cc1Cl)c1ccc(C)cc1C. The molecule has 24 heavy (non-hydrogen) atoms. The lowest BCUT2D eigenvalue weighted by Gasteiger charge is -2.20. The van der Waals surface area contributed by atoms with E-state index in [1.54, 1.807) is 0 Å². The molecule has 0 fully saturated rings. The van der Waals surface area contributed by atoms with Gasteiger partial charge in [-0.1, -0.05) is 42.3 Å². The van der Waals surface area contributed by atoms with Crippen molar-refractivity contribution in [2.24, 2.45) is 0 Å². The van der Waals surface area contributed by atoms with Gasteiger partial charge in [0.15, 0.2) is 0 Å². The minimum atomic E-state index is -0.544. The standard InChI is InChI=1S/C18H19ClN2O3/c1-4-17(14-7-5-11(2)9-12(14)3)20-18(22)15-8-6-13(21(23)24)10-16(15)19/h5-10,17H,4H2,1-3H3,(H,20,22)/t17-/m1/s1. The summed E-state index contributed by atoms with van der Waals surface area (Å²) in [5, 5.41) is 13.8. The second kappa shape index (κ2) is 7.45. The van der Waals surface area contributed by atoms with Gasteiger partial charge >= 0.3 is 0 Å². The van der Waals surface area contributed by atoms with Gasteiger partial charge in [-0.25, -0.2) is 0 Å². The van der Waals surface area contributed by atoms with Gasteiger partial charge in [-0.15, -0.1) is 0 Å². The van der Waals surface area contributed by atoms with Gasteiger partial charge < -0.3 is 5.32 Å². The first-order valence-electron chi connectivity index (χ1n) is 7.65. The Kier molecular flexibility index (Phi) is 5.57. The number of nitrogens with zero attached hydrogens (tertiary/aromatic N) is 1. The van der Waals surface area contributed by atoms with Gasteiger partial charge in [0, 0.05) is 12.1 Å². The molecule has 0 saturated carbocycles. The first-order valence-corrected chi connectivity index (χ1v) is 8.03. The van der Waals surface area contributed by atoms with E-state index in [1.807, 2.05) is 32.9 Å². The molecule has 0 saturated heterocycles. The van der Waals surface area contributed by atoms with Crippen LogP contribution in [0.3, 0.4) is 0 Å². The summed E-state index contributed by atoms with van der Waals surface area (Å²) in [6.07, 6.45) is 0.722. The fourth-order valence-electron chi connectivity index (χ4n) is 2.65. The van der Waals surface area contributed by atoms with Gasteiger partial charge in [0.05, 0.1) is 21.6 Å². The number of carbonyl (C=O) groups is 1. The number of benzene rings is 2. The van der Waals surface area contributed by atoms with Gasteiger partial charge in [0.2, 0.25) is 0 Å². The summed E-state index contributed by atoms with van der Waals surface area (Å²) < 4.78 is 0. The van der Waals surface area contributed by atoms with Crippen LogP contribution in [0.15, 0.2) is 36.4 Å². The Balaban J connectivity index is 2.25. The van der Waals surface area contributed by atoms with Crippen LogP contribution >= 0.6 is 11.6 Å². The van der Waals surface area contributed by atoms with Crippen molar-refractivity contribution in [1.82, 2.24) is 5.32 Å². The van der Waals surface area contributed by atoms with Gasteiger partial charge in [0.25, 0.3) is 11.6 Å². The average Bonchev–Trinajstić information content (AvgIpc) is 2.52. The van der Waals surface area contributed by atoms with Crippen LogP contribution in [-0.2, 0) is 0 Å². The zero-order chi connectivity index (χ0) is 17.9. The molecule has 0 aliphatic heterocycles. The smallest absolute Gasteiger partial charge is 0.270 e. The van der Waals surface area contributed by atoms with Gasteiger partial charge in [-0.05, 0) is 37.5 Å². The Morgan fingerprint density at radius 3 is 2.50 bits per heavy atom. The van der Waals surface area contributed by atoms with E-state index >= 15 is 0 Å². The summed E-state index contributed by atoms with van der Waals surface area (Å²) >= 11 is 6.03. The average molecular weight is 347 g/mol. The van der Waals surface area contributed by atoms with Crippen LogP contribution in [0.1, 0.15) is 46.4 Å². The van der Waals surface area contributed by atoms with E-state index < -0.39 is 4.92 Å². The van der Waals surface area contributed by atoms with Crippen molar-refractivity contribution < 1.29 is 9.72 Å². The molecule has 0 aliphatic rings. The van der Waals surface area contributed by atoms with Crippen LogP contribution in [0.5, 0.6) is 0 Å². The molecule has 2 rings (SSSR count). The van der Waals surface area contributed by atoms with Crippen molar-refractivity contribution in [2.75, 3.05) is 0 Å². The van der Waals surface area contributed by atoms with Crippen molar-refractivity contribution in [3.63, 3.8) is 0 Å². The highest BCUT2D eigenvalue weighted by atomic mass is 35.5. The Morgan fingerprint density at radius 1 is 1.25 bits per heavy atom. The van der Waals surface area contributed by atoms with E-state index in [0.717, 1.165) is 23.1 Å². The fourth-order valence-corrected chi connectivity index (χ4v) is 2.91. The number of carbonyl (C=O) groups excluding carboxylic acids is 1. The Hall–Kier alpha value is -2.40. The molecular formula is C18H19ClN2O3. The summed E-state index contributed by atoms with van der Waals surface area (Å²) in [5.74, 6) is -0.346. The molecule has 1 N–H and O–H groups in total. The lowest BCUT2D eigenvalue weighted by molar-refractivity contribution is -0.384. The summed E-state index contributed by atoms with van der Waals surface area (Å²) in [7, 11) is 0. The van der Waals surface area contributed by atoms with Crippen LogP contribution in [-0.4, -0.2) is 10.8 Å². The van der Waals surface area contributed by atoms with E-state index in [9.17, 15) is 14.9 Å².